The molecule has 2 saturated heterocycles. The van der Waals surface area contributed by atoms with Gasteiger partial charge in [0, 0.05) is 6.42 Å². The maximum Gasteiger partial charge on any atom is 0.315 e. The van der Waals surface area contributed by atoms with Gasteiger partial charge in [0.2, 0.25) is 23.6 Å². The minimum absolute atomic E-state index is 0.0181. The van der Waals surface area contributed by atoms with Crippen molar-refractivity contribution in [3.8, 4) is 0 Å². The Balaban J connectivity index is 1.93. The molecule has 2 fully saturated rings. The van der Waals surface area contributed by atoms with Gasteiger partial charge in [0.25, 0.3) is 5.91 Å². The van der Waals surface area contributed by atoms with E-state index in [4.69, 9.17) is 0 Å². The molecule has 28 heavy (non-hydrogen) atoms. The van der Waals surface area contributed by atoms with Crippen LogP contribution in [-0.2, 0) is 33.5 Å². The van der Waals surface area contributed by atoms with Gasteiger partial charge < -0.3 is 10.1 Å². The third kappa shape index (κ3) is 3.10. The first-order chi connectivity index (χ1) is 13.2. The predicted molar refractivity (Wildman–Crippen MR) is 91.7 cm³/mol. The highest BCUT2D eigenvalue weighted by Crippen LogP contribution is 2.45. The Morgan fingerprint density at radius 1 is 1.32 bits per heavy atom. The SMILES string of the molecule is COC(=O)CC(=O)NC1=C2C(=O)N(C3CCC(=O)NC3=O)C(=O)C2(C)CC=C1. The second-order valence-corrected chi connectivity index (χ2v) is 6.98. The summed E-state index contributed by atoms with van der Waals surface area (Å²) in [5.74, 6) is -3.86. The Labute approximate surface area is 159 Å². The van der Waals surface area contributed by atoms with E-state index in [1.54, 1.807) is 13.0 Å². The largest absolute Gasteiger partial charge is 0.469 e. The zero-order chi connectivity index (χ0) is 20.6. The highest BCUT2D eigenvalue weighted by molar-refractivity contribution is 6.20. The fourth-order valence-electron chi connectivity index (χ4n) is 3.63. The molecule has 0 bridgehead atoms. The van der Waals surface area contributed by atoms with Crippen LogP contribution in [0.4, 0.5) is 0 Å². The molecular formula is C18H19N3O7. The van der Waals surface area contributed by atoms with Crippen molar-refractivity contribution in [1.82, 2.24) is 15.5 Å². The number of amides is 5. The van der Waals surface area contributed by atoms with Crippen molar-refractivity contribution < 1.29 is 33.5 Å². The van der Waals surface area contributed by atoms with Gasteiger partial charge in [-0.1, -0.05) is 6.08 Å². The Bertz CT molecular complexity index is 872. The quantitative estimate of drug-likeness (QED) is 0.359. The van der Waals surface area contributed by atoms with Crippen LogP contribution in [0.1, 0.15) is 32.6 Å². The zero-order valence-electron chi connectivity index (χ0n) is 15.4. The molecular weight excluding hydrogens is 370 g/mol. The zero-order valence-corrected chi connectivity index (χ0v) is 15.4. The van der Waals surface area contributed by atoms with Gasteiger partial charge in [0.1, 0.15) is 12.5 Å². The average Bonchev–Trinajstić information content (AvgIpc) is 2.82. The summed E-state index contributed by atoms with van der Waals surface area (Å²) in [7, 11) is 1.14. The molecule has 5 amide bonds. The van der Waals surface area contributed by atoms with Crippen LogP contribution in [0.2, 0.25) is 0 Å². The van der Waals surface area contributed by atoms with E-state index in [9.17, 15) is 28.8 Å². The molecule has 0 radical (unpaired) electrons. The molecule has 0 saturated carbocycles. The first-order valence-corrected chi connectivity index (χ1v) is 8.68. The van der Waals surface area contributed by atoms with E-state index >= 15 is 0 Å². The van der Waals surface area contributed by atoms with Crippen molar-refractivity contribution >= 4 is 35.5 Å². The molecule has 2 aliphatic heterocycles. The number of esters is 1. The standard InChI is InChI=1S/C18H19N3O7/c1-18-7-3-4-9(19-12(23)8-13(24)28-2)14(18)16(26)21(17(18)27)10-5-6-11(22)20-15(10)25/h3-4,10H,5-8H2,1-2H3,(H,19,23)(H,20,22,25). The van der Waals surface area contributed by atoms with Gasteiger partial charge in [0.15, 0.2) is 0 Å². The lowest BCUT2D eigenvalue weighted by atomic mass is 9.77. The number of nitrogens with zero attached hydrogens (tertiary/aromatic N) is 1. The minimum atomic E-state index is -1.25. The summed E-state index contributed by atoms with van der Waals surface area (Å²) in [5.41, 5.74) is -1.08. The molecule has 148 valence electrons. The van der Waals surface area contributed by atoms with Crippen LogP contribution in [0.25, 0.3) is 0 Å². The third-order valence-electron chi connectivity index (χ3n) is 5.08. The van der Waals surface area contributed by atoms with Crippen LogP contribution in [-0.4, -0.2) is 53.6 Å². The number of methoxy groups -OCH3 is 1. The number of hydrogen-bond acceptors (Lipinski definition) is 7. The molecule has 0 aromatic carbocycles. The normalized spacial score (nSPS) is 26.9. The van der Waals surface area contributed by atoms with Crippen LogP contribution in [0.15, 0.2) is 23.4 Å². The molecule has 0 aromatic rings. The summed E-state index contributed by atoms with van der Waals surface area (Å²) in [5, 5.41) is 4.61. The van der Waals surface area contributed by atoms with E-state index in [2.05, 4.69) is 15.4 Å². The van der Waals surface area contributed by atoms with Crippen molar-refractivity contribution in [3.05, 3.63) is 23.4 Å². The molecule has 1 aliphatic carbocycles. The first kappa shape index (κ1) is 19.5. The Kier molecular flexibility index (Phi) is 4.88. The number of allylic oxidation sites excluding steroid dienone is 2. The van der Waals surface area contributed by atoms with Crippen LogP contribution in [0.5, 0.6) is 0 Å². The number of nitrogens with one attached hydrogen (secondary N) is 2. The second kappa shape index (κ2) is 7.02. The summed E-state index contributed by atoms with van der Waals surface area (Å²) in [4.78, 5) is 73.8. The van der Waals surface area contributed by atoms with Crippen molar-refractivity contribution in [2.75, 3.05) is 7.11 Å². The average molecular weight is 389 g/mol. The van der Waals surface area contributed by atoms with Crippen LogP contribution < -0.4 is 10.6 Å². The van der Waals surface area contributed by atoms with Gasteiger partial charge in [-0.15, -0.1) is 0 Å². The van der Waals surface area contributed by atoms with Crippen LogP contribution in [0.3, 0.4) is 0 Å². The molecule has 10 nitrogen and oxygen atoms in total. The lowest BCUT2D eigenvalue weighted by Gasteiger charge is -2.29. The highest BCUT2D eigenvalue weighted by atomic mass is 16.5. The number of fused-ring (bicyclic) bond motifs is 1. The van der Waals surface area contributed by atoms with E-state index in [0.29, 0.717) is 0 Å². The van der Waals surface area contributed by atoms with E-state index in [-0.39, 0.29) is 30.5 Å². The number of hydrogen-bond donors (Lipinski definition) is 2. The minimum Gasteiger partial charge on any atom is -0.469 e. The van der Waals surface area contributed by atoms with E-state index in [1.165, 1.54) is 6.08 Å². The number of piperidine rings is 1. The Morgan fingerprint density at radius 3 is 2.68 bits per heavy atom. The lowest BCUT2D eigenvalue weighted by molar-refractivity contribution is -0.152. The van der Waals surface area contributed by atoms with E-state index in [1.807, 2.05) is 0 Å². The summed E-state index contributed by atoms with van der Waals surface area (Å²) >= 11 is 0. The second-order valence-electron chi connectivity index (χ2n) is 6.98. The van der Waals surface area contributed by atoms with Crippen LogP contribution in [0, 0.1) is 5.41 Å². The maximum absolute atomic E-state index is 13.1. The molecule has 2 atom stereocenters. The fourth-order valence-corrected chi connectivity index (χ4v) is 3.63. The first-order valence-electron chi connectivity index (χ1n) is 8.68. The molecule has 2 heterocycles. The molecule has 0 aromatic heterocycles. The van der Waals surface area contributed by atoms with Gasteiger partial charge in [-0.05, 0) is 25.8 Å². The third-order valence-corrected chi connectivity index (χ3v) is 5.08. The lowest BCUT2D eigenvalue weighted by Crippen LogP contribution is -2.54. The van der Waals surface area contributed by atoms with Gasteiger partial charge in [0.05, 0.1) is 23.8 Å². The topological polar surface area (TPSA) is 139 Å². The number of carbonyl (C=O) groups is 6. The Morgan fingerprint density at radius 2 is 2.04 bits per heavy atom. The summed E-state index contributed by atoms with van der Waals surface area (Å²) in [6.07, 6.45) is 2.86. The van der Waals surface area contributed by atoms with Crippen molar-refractivity contribution in [2.24, 2.45) is 5.41 Å². The van der Waals surface area contributed by atoms with Crippen LogP contribution >= 0.6 is 0 Å². The summed E-state index contributed by atoms with van der Waals surface area (Å²) in [6, 6.07) is -1.08. The summed E-state index contributed by atoms with van der Waals surface area (Å²) < 4.78 is 4.44. The number of carbonyl (C=O) groups excluding carboxylic acids is 6. The molecule has 0 spiro atoms. The van der Waals surface area contributed by atoms with Crippen molar-refractivity contribution in [2.45, 2.75) is 38.6 Å². The number of likely N-dealkylation sites (tertiary alicyclic amines) is 1. The maximum atomic E-state index is 13.1. The monoisotopic (exact) mass is 389 g/mol. The number of imide groups is 2. The van der Waals surface area contributed by atoms with E-state index < -0.39 is 53.4 Å². The fraction of sp³-hybridized carbons (Fsp3) is 0.444. The van der Waals surface area contributed by atoms with Gasteiger partial charge >= 0.3 is 5.97 Å². The van der Waals surface area contributed by atoms with Crippen molar-refractivity contribution in [1.29, 1.82) is 0 Å². The highest BCUT2D eigenvalue weighted by Gasteiger charge is 2.57. The van der Waals surface area contributed by atoms with Gasteiger partial charge in [-0.3, -0.25) is 39.0 Å². The molecule has 2 N–H and O–H groups in total. The summed E-state index contributed by atoms with van der Waals surface area (Å²) in [6.45, 7) is 1.56. The number of rotatable bonds is 4. The van der Waals surface area contributed by atoms with Crippen molar-refractivity contribution in [3.63, 3.8) is 0 Å². The Hall–Kier alpha value is -3.30. The van der Waals surface area contributed by atoms with E-state index in [0.717, 1.165) is 12.0 Å². The predicted octanol–water partition coefficient (Wildman–Crippen LogP) is -0.940. The van der Waals surface area contributed by atoms with Gasteiger partial charge in [-0.2, -0.15) is 0 Å². The molecule has 10 heteroatoms. The van der Waals surface area contributed by atoms with Gasteiger partial charge in [-0.25, -0.2) is 0 Å². The molecule has 3 rings (SSSR count). The molecule has 2 unspecified atom stereocenters. The smallest absolute Gasteiger partial charge is 0.315 e. The number of ether oxygens (including phenoxy) is 1. The molecule has 3 aliphatic rings.